The van der Waals surface area contributed by atoms with Gasteiger partial charge in [0.25, 0.3) is 0 Å². The Morgan fingerprint density at radius 2 is 2.12 bits per heavy atom. The van der Waals surface area contributed by atoms with Crippen molar-refractivity contribution in [3.8, 4) is 0 Å². The van der Waals surface area contributed by atoms with Crippen molar-refractivity contribution in [2.45, 2.75) is 13.0 Å². The quantitative estimate of drug-likeness (QED) is 0.795. The number of carbonyl (C=O) groups is 1. The van der Waals surface area contributed by atoms with Crippen molar-refractivity contribution in [1.82, 2.24) is 9.80 Å². The molecule has 0 unspecified atom stereocenters. The summed E-state index contributed by atoms with van der Waals surface area (Å²) >= 11 is 5.06. The van der Waals surface area contributed by atoms with Crippen LogP contribution in [0.4, 0.5) is 0 Å². The van der Waals surface area contributed by atoms with Crippen LogP contribution in [0.3, 0.4) is 0 Å². The zero-order valence-corrected chi connectivity index (χ0v) is 12.2. The van der Waals surface area contributed by atoms with Gasteiger partial charge in [0.2, 0.25) is 5.91 Å². The SMILES string of the molecule is O=C(CCBr)N1CCN(Cc2ccsc2)CC1. The topological polar surface area (TPSA) is 23.6 Å². The first-order valence-electron chi connectivity index (χ1n) is 5.87. The van der Waals surface area contributed by atoms with Crippen LogP contribution in [0.2, 0.25) is 0 Å². The van der Waals surface area contributed by atoms with E-state index >= 15 is 0 Å². The van der Waals surface area contributed by atoms with Gasteiger partial charge in [-0.2, -0.15) is 11.3 Å². The molecule has 0 N–H and O–H groups in total. The Hall–Kier alpha value is -0.390. The second kappa shape index (κ2) is 6.52. The first-order chi connectivity index (χ1) is 8.29. The van der Waals surface area contributed by atoms with Crippen LogP contribution in [0.1, 0.15) is 12.0 Å². The molecular formula is C12H17BrN2OS. The highest BCUT2D eigenvalue weighted by atomic mass is 79.9. The van der Waals surface area contributed by atoms with E-state index in [1.54, 1.807) is 11.3 Å². The van der Waals surface area contributed by atoms with Crippen molar-refractivity contribution in [2.75, 3.05) is 31.5 Å². The van der Waals surface area contributed by atoms with Gasteiger partial charge in [-0.15, -0.1) is 0 Å². The van der Waals surface area contributed by atoms with Crippen LogP contribution >= 0.6 is 27.3 Å². The van der Waals surface area contributed by atoms with Crippen molar-refractivity contribution in [2.24, 2.45) is 0 Å². The van der Waals surface area contributed by atoms with Crippen LogP contribution < -0.4 is 0 Å². The fourth-order valence-corrected chi connectivity index (χ4v) is 3.03. The highest BCUT2D eigenvalue weighted by molar-refractivity contribution is 9.09. The molecule has 5 heteroatoms. The summed E-state index contributed by atoms with van der Waals surface area (Å²) in [4.78, 5) is 16.1. The predicted octanol–water partition coefficient (Wildman–Crippen LogP) is 2.18. The van der Waals surface area contributed by atoms with Crippen LogP contribution in [0.5, 0.6) is 0 Å². The average molecular weight is 317 g/mol. The van der Waals surface area contributed by atoms with Gasteiger partial charge in [0.15, 0.2) is 0 Å². The van der Waals surface area contributed by atoms with Crippen molar-refractivity contribution in [3.63, 3.8) is 0 Å². The number of alkyl halides is 1. The second-order valence-corrected chi connectivity index (χ2v) is 5.80. The van der Waals surface area contributed by atoms with Crippen LogP contribution in [0.25, 0.3) is 0 Å². The molecule has 0 bridgehead atoms. The number of hydrogen-bond donors (Lipinski definition) is 0. The number of nitrogens with zero attached hydrogens (tertiary/aromatic N) is 2. The Morgan fingerprint density at radius 1 is 1.35 bits per heavy atom. The molecule has 1 aliphatic heterocycles. The molecule has 0 saturated carbocycles. The van der Waals surface area contributed by atoms with E-state index < -0.39 is 0 Å². The third-order valence-electron chi connectivity index (χ3n) is 3.02. The molecule has 1 fully saturated rings. The van der Waals surface area contributed by atoms with Crippen LogP contribution in [0, 0.1) is 0 Å². The number of rotatable bonds is 4. The molecule has 1 aromatic rings. The highest BCUT2D eigenvalue weighted by Gasteiger charge is 2.20. The van der Waals surface area contributed by atoms with E-state index in [0.717, 1.165) is 38.1 Å². The van der Waals surface area contributed by atoms with Crippen molar-refractivity contribution < 1.29 is 4.79 Å². The maximum absolute atomic E-state index is 11.7. The molecule has 1 saturated heterocycles. The first kappa shape index (κ1) is 13.1. The number of carbonyl (C=O) groups excluding carboxylic acids is 1. The molecule has 17 heavy (non-hydrogen) atoms. The fourth-order valence-electron chi connectivity index (χ4n) is 2.04. The molecule has 0 aliphatic carbocycles. The van der Waals surface area contributed by atoms with E-state index in [0.29, 0.717) is 6.42 Å². The molecule has 3 nitrogen and oxygen atoms in total. The lowest BCUT2D eigenvalue weighted by Crippen LogP contribution is -2.48. The second-order valence-electron chi connectivity index (χ2n) is 4.23. The fraction of sp³-hybridized carbons (Fsp3) is 0.583. The van der Waals surface area contributed by atoms with Gasteiger partial charge in [-0.25, -0.2) is 0 Å². The third kappa shape index (κ3) is 3.79. The zero-order valence-electron chi connectivity index (χ0n) is 9.77. The smallest absolute Gasteiger partial charge is 0.223 e. The van der Waals surface area contributed by atoms with Gasteiger partial charge in [-0.3, -0.25) is 9.69 Å². The summed E-state index contributed by atoms with van der Waals surface area (Å²) in [6.45, 7) is 4.74. The van der Waals surface area contributed by atoms with Crippen molar-refractivity contribution in [3.05, 3.63) is 22.4 Å². The Balaban J connectivity index is 1.76. The highest BCUT2D eigenvalue weighted by Crippen LogP contribution is 2.12. The normalized spacial score (nSPS) is 17.4. The summed E-state index contributed by atoms with van der Waals surface area (Å²) in [5, 5.41) is 5.08. The predicted molar refractivity (Wildman–Crippen MR) is 74.6 cm³/mol. The van der Waals surface area contributed by atoms with E-state index in [2.05, 4.69) is 37.7 Å². The standard InChI is InChI=1S/C12H17BrN2OS/c13-3-1-12(16)15-6-4-14(5-7-15)9-11-2-8-17-10-11/h2,8,10H,1,3-7,9H2. The molecule has 2 heterocycles. The molecule has 1 aromatic heterocycles. The molecule has 2 rings (SSSR count). The van der Waals surface area contributed by atoms with Gasteiger partial charge in [0.05, 0.1) is 0 Å². The molecule has 1 amide bonds. The van der Waals surface area contributed by atoms with Gasteiger partial charge in [-0.1, -0.05) is 15.9 Å². The number of halogens is 1. The summed E-state index contributed by atoms with van der Waals surface area (Å²) in [7, 11) is 0. The van der Waals surface area contributed by atoms with E-state index in [-0.39, 0.29) is 5.91 Å². The zero-order chi connectivity index (χ0) is 12.1. The maximum atomic E-state index is 11.7. The van der Waals surface area contributed by atoms with Crippen LogP contribution in [-0.4, -0.2) is 47.2 Å². The van der Waals surface area contributed by atoms with Crippen molar-refractivity contribution in [1.29, 1.82) is 0 Å². The van der Waals surface area contributed by atoms with Gasteiger partial charge in [-0.05, 0) is 22.4 Å². The summed E-state index contributed by atoms with van der Waals surface area (Å²) in [5.74, 6) is 0.275. The molecule has 0 spiro atoms. The Kier molecular flexibility index (Phi) is 5.00. The molecule has 0 atom stereocenters. The third-order valence-corrected chi connectivity index (χ3v) is 4.15. The van der Waals surface area contributed by atoms with Gasteiger partial charge < -0.3 is 4.90 Å². The number of piperazine rings is 1. The Morgan fingerprint density at radius 3 is 2.71 bits per heavy atom. The van der Waals surface area contributed by atoms with Crippen LogP contribution in [-0.2, 0) is 11.3 Å². The lowest BCUT2D eigenvalue weighted by atomic mass is 10.2. The number of amides is 1. The average Bonchev–Trinajstić information content (AvgIpc) is 2.83. The molecule has 94 valence electrons. The lowest BCUT2D eigenvalue weighted by Gasteiger charge is -2.34. The number of thiophene rings is 1. The van der Waals surface area contributed by atoms with E-state index in [4.69, 9.17) is 0 Å². The molecule has 0 aromatic carbocycles. The minimum absolute atomic E-state index is 0.275. The minimum Gasteiger partial charge on any atom is -0.340 e. The van der Waals surface area contributed by atoms with Gasteiger partial charge in [0, 0.05) is 44.5 Å². The van der Waals surface area contributed by atoms with E-state index in [1.807, 2.05) is 4.90 Å². The molecule has 1 aliphatic rings. The summed E-state index contributed by atoms with van der Waals surface area (Å²) in [5.41, 5.74) is 1.38. The van der Waals surface area contributed by atoms with E-state index in [9.17, 15) is 4.79 Å². The molecular weight excluding hydrogens is 300 g/mol. The number of hydrogen-bond acceptors (Lipinski definition) is 3. The lowest BCUT2D eigenvalue weighted by molar-refractivity contribution is -0.132. The summed E-state index contributed by atoms with van der Waals surface area (Å²) in [6.07, 6.45) is 0.616. The van der Waals surface area contributed by atoms with Gasteiger partial charge >= 0.3 is 0 Å². The van der Waals surface area contributed by atoms with Crippen LogP contribution in [0.15, 0.2) is 16.8 Å². The van der Waals surface area contributed by atoms with Crippen molar-refractivity contribution >= 4 is 33.2 Å². The Labute approximate surface area is 115 Å². The maximum Gasteiger partial charge on any atom is 0.223 e. The monoisotopic (exact) mass is 316 g/mol. The van der Waals surface area contributed by atoms with E-state index in [1.165, 1.54) is 5.56 Å². The summed E-state index contributed by atoms with van der Waals surface area (Å²) < 4.78 is 0. The minimum atomic E-state index is 0.275. The summed E-state index contributed by atoms with van der Waals surface area (Å²) in [6, 6.07) is 2.17. The molecule has 0 radical (unpaired) electrons. The van der Waals surface area contributed by atoms with Gasteiger partial charge in [0.1, 0.15) is 0 Å². The first-order valence-corrected chi connectivity index (χ1v) is 7.93. The largest absolute Gasteiger partial charge is 0.340 e. The Bertz CT molecular complexity index is 347.